The van der Waals surface area contributed by atoms with E-state index in [1.165, 1.54) is 25.9 Å². The minimum Gasteiger partial charge on any atom is -0.302 e. The van der Waals surface area contributed by atoms with Crippen molar-refractivity contribution in [3.05, 3.63) is 33.8 Å². The van der Waals surface area contributed by atoms with Gasteiger partial charge in [0.1, 0.15) is 0 Å². The first-order valence-corrected chi connectivity index (χ1v) is 7.71. The van der Waals surface area contributed by atoms with E-state index in [1.54, 1.807) is 18.2 Å². The van der Waals surface area contributed by atoms with Crippen LogP contribution >= 0.6 is 23.2 Å². The highest BCUT2D eigenvalue weighted by atomic mass is 35.5. The highest BCUT2D eigenvalue weighted by Crippen LogP contribution is 2.22. The molecule has 1 fully saturated rings. The maximum atomic E-state index is 12.2. The number of carbonyl (C=O) groups is 1. The van der Waals surface area contributed by atoms with Gasteiger partial charge in [-0.1, -0.05) is 23.2 Å². The molecule has 1 saturated heterocycles. The number of halogens is 2. The Balaban J connectivity index is 1.81. The van der Waals surface area contributed by atoms with Crippen LogP contribution in [0.5, 0.6) is 0 Å². The SMILES string of the molecule is CN(CCN1CCCC1)CC(=O)c1ccc(Cl)c(Cl)c1. The molecule has 0 unspecified atom stereocenters. The maximum absolute atomic E-state index is 12.2. The van der Waals surface area contributed by atoms with Gasteiger partial charge in [0, 0.05) is 18.7 Å². The quantitative estimate of drug-likeness (QED) is 0.753. The van der Waals surface area contributed by atoms with Gasteiger partial charge in [-0.3, -0.25) is 9.69 Å². The van der Waals surface area contributed by atoms with Crippen molar-refractivity contribution < 1.29 is 4.79 Å². The number of Topliss-reactive ketones (excluding diaryl/α,β-unsaturated/α-hetero) is 1. The van der Waals surface area contributed by atoms with Crippen LogP contribution in [0.15, 0.2) is 18.2 Å². The Labute approximate surface area is 130 Å². The number of carbonyl (C=O) groups excluding carboxylic acids is 1. The standard InChI is InChI=1S/C15H20Cl2N2O/c1-18(8-9-19-6-2-3-7-19)11-15(20)12-4-5-13(16)14(17)10-12/h4-5,10H,2-3,6-9,11H2,1H3. The van der Waals surface area contributed by atoms with Crippen LogP contribution < -0.4 is 0 Å². The van der Waals surface area contributed by atoms with Gasteiger partial charge in [0.2, 0.25) is 0 Å². The molecule has 110 valence electrons. The van der Waals surface area contributed by atoms with E-state index in [4.69, 9.17) is 23.2 Å². The predicted molar refractivity (Wildman–Crippen MR) is 84.0 cm³/mol. The third-order valence-electron chi connectivity index (χ3n) is 3.65. The lowest BCUT2D eigenvalue weighted by molar-refractivity contribution is 0.0941. The van der Waals surface area contributed by atoms with Crippen LogP contribution in [-0.4, -0.2) is 55.4 Å². The van der Waals surface area contributed by atoms with Crippen LogP contribution in [0, 0.1) is 0 Å². The van der Waals surface area contributed by atoms with Crippen LogP contribution in [0.2, 0.25) is 10.0 Å². The van der Waals surface area contributed by atoms with Crippen molar-refractivity contribution in [3.63, 3.8) is 0 Å². The number of rotatable bonds is 6. The van der Waals surface area contributed by atoms with Crippen molar-refractivity contribution in [3.8, 4) is 0 Å². The first-order valence-electron chi connectivity index (χ1n) is 6.95. The Morgan fingerprint density at radius 2 is 1.95 bits per heavy atom. The lowest BCUT2D eigenvalue weighted by Crippen LogP contribution is -2.34. The third-order valence-corrected chi connectivity index (χ3v) is 4.39. The summed E-state index contributed by atoms with van der Waals surface area (Å²) in [5.74, 6) is 0.0764. The van der Waals surface area contributed by atoms with Crippen molar-refractivity contribution in [2.75, 3.05) is 39.8 Å². The number of likely N-dealkylation sites (tertiary alicyclic amines) is 1. The summed E-state index contributed by atoms with van der Waals surface area (Å²) in [6, 6.07) is 5.03. The van der Waals surface area contributed by atoms with E-state index < -0.39 is 0 Å². The van der Waals surface area contributed by atoms with E-state index in [2.05, 4.69) is 9.80 Å². The number of nitrogens with zero attached hydrogens (tertiary/aromatic N) is 2. The van der Waals surface area contributed by atoms with E-state index >= 15 is 0 Å². The Hall–Kier alpha value is -0.610. The zero-order valence-electron chi connectivity index (χ0n) is 11.7. The summed E-state index contributed by atoms with van der Waals surface area (Å²) in [6.45, 7) is 4.73. The van der Waals surface area contributed by atoms with Crippen LogP contribution in [0.1, 0.15) is 23.2 Å². The molecule has 0 N–H and O–H groups in total. The maximum Gasteiger partial charge on any atom is 0.176 e. The highest BCUT2D eigenvalue weighted by molar-refractivity contribution is 6.42. The zero-order valence-corrected chi connectivity index (χ0v) is 13.3. The van der Waals surface area contributed by atoms with Gasteiger partial charge < -0.3 is 4.90 Å². The molecular formula is C15H20Cl2N2O. The van der Waals surface area contributed by atoms with Gasteiger partial charge in [0.05, 0.1) is 16.6 Å². The van der Waals surface area contributed by atoms with Crippen LogP contribution in [0.25, 0.3) is 0 Å². The molecule has 2 rings (SSSR count). The molecule has 1 heterocycles. The lowest BCUT2D eigenvalue weighted by Gasteiger charge is -2.20. The molecule has 1 aliphatic rings. The first-order chi connectivity index (χ1) is 9.56. The molecule has 0 amide bonds. The average Bonchev–Trinajstić information content (AvgIpc) is 2.92. The molecule has 3 nitrogen and oxygen atoms in total. The Morgan fingerprint density at radius 1 is 1.25 bits per heavy atom. The summed E-state index contributed by atoms with van der Waals surface area (Å²) < 4.78 is 0. The monoisotopic (exact) mass is 314 g/mol. The highest BCUT2D eigenvalue weighted by Gasteiger charge is 2.14. The molecule has 1 aliphatic heterocycles. The summed E-state index contributed by atoms with van der Waals surface area (Å²) in [5, 5.41) is 0.905. The van der Waals surface area contributed by atoms with Gasteiger partial charge in [0.25, 0.3) is 0 Å². The topological polar surface area (TPSA) is 23.6 Å². The molecule has 0 radical (unpaired) electrons. The van der Waals surface area contributed by atoms with E-state index in [1.807, 2.05) is 7.05 Å². The molecular weight excluding hydrogens is 295 g/mol. The molecule has 0 atom stereocenters. The summed E-state index contributed by atoms with van der Waals surface area (Å²) in [4.78, 5) is 16.7. The van der Waals surface area contributed by atoms with E-state index in [-0.39, 0.29) is 5.78 Å². The van der Waals surface area contributed by atoms with Crippen molar-refractivity contribution in [1.29, 1.82) is 0 Å². The van der Waals surface area contributed by atoms with Gasteiger partial charge >= 0.3 is 0 Å². The van der Waals surface area contributed by atoms with Gasteiger partial charge in [-0.05, 0) is 51.2 Å². The normalized spacial score (nSPS) is 16.0. The molecule has 1 aromatic rings. The fourth-order valence-electron chi connectivity index (χ4n) is 2.40. The average molecular weight is 315 g/mol. The van der Waals surface area contributed by atoms with Crippen molar-refractivity contribution >= 4 is 29.0 Å². The molecule has 0 bridgehead atoms. The third kappa shape index (κ3) is 4.45. The van der Waals surface area contributed by atoms with Crippen molar-refractivity contribution in [2.24, 2.45) is 0 Å². The number of hydrogen-bond donors (Lipinski definition) is 0. The predicted octanol–water partition coefficient (Wildman–Crippen LogP) is 3.20. The van der Waals surface area contributed by atoms with Crippen molar-refractivity contribution in [2.45, 2.75) is 12.8 Å². The number of benzene rings is 1. The number of ketones is 1. The minimum atomic E-state index is 0.0764. The summed E-state index contributed by atoms with van der Waals surface area (Å²) in [7, 11) is 1.98. The largest absolute Gasteiger partial charge is 0.302 e. The fraction of sp³-hybridized carbons (Fsp3) is 0.533. The molecule has 20 heavy (non-hydrogen) atoms. The molecule has 5 heteroatoms. The zero-order chi connectivity index (χ0) is 14.5. The lowest BCUT2D eigenvalue weighted by atomic mass is 10.1. The second kappa shape index (κ2) is 7.41. The molecule has 0 aliphatic carbocycles. The van der Waals surface area contributed by atoms with Gasteiger partial charge in [-0.25, -0.2) is 0 Å². The smallest absolute Gasteiger partial charge is 0.176 e. The Morgan fingerprint density at radius 3 is 2.60 bits per heavy atom. The van der Waals surface area contributed by atoms with Crippen LogP contribution in [0.3, 0.4) is 0 Å². The summed E-state index contributed by atoms with van der Waals surface area (Å²) in [6.07, 6.45) is 2.60. The van der Waals surface area contributed by atoms with E-state index in [0.29, 0.717) is 22.2 Å². The second-order valence-electron chi connectivity index (χ2n) is 5.34. The van der Waals surface area contributed by atoms with E-state index in [9.17, 15) is 4.79 Å². The Bertz CT molecular complexity index is 473. The molecule has 0 spiro atoms. The summed E-state index contributed by atoms with van der Waals surface area (Å²) >= 11 is 11.8. The Kier molecular flexibility index (Phi) is 5.85. The fourth-order valence-corrected chi connectivity index (χ4v) is 2.70. The van der Waals surface area contributed by atoms with Gasteiger partial charge in [0.15, 0.2) is 5.78 Å². The summed E-state index contributed by atoms with van der Waals surface area (Å²) in [5.41, 5.74) is 0.618. The van der Waals surface area contributed by atoms with Gasteiger partial charge in [-0.15, -0.1) is 0 Å². The molecule has 0 aromatic heterocycles. The van der Waals surface area contributed by atoms with Crippen LogP contribution in [0.4, 0.5) is 0 Å². The molecule has 1 aromatic carbocycles. The molecule has 0 saturated carbocycles. The number of hydrogen-bond acceptors (Lipinski definition) is 3. The number of likely N-dealkylation sites (N-methyl/N-ethyl adjacent to an activating group) is 1. The van der Waals surface area contributed by atoms with Crippen molar-refractivity contribution in [1.82, 2.24) is 9.80 Å². The van der Waals surface area contributed by atoms with Gasteiger partial charge in [-0.2, -0.15) is 0 Å². The second-order valence-corrected chi connectivity index (χ2v) is 6.15. The van der Waals surface area contributed by atoms with E-state index in [0.717, 1.165) is 13.1 Å². The minimum absolute atomic E-state index is 0.0764. The first kappa shape index (κ1) is 15.8. The van der Waals surface area contributed by atoms with Crippen LogP contribution in [-0.2, 0) is 0 Å².